The lowest BCUT2D eigenvalue weighted by molar-refractivity contribution is -0.162. The Balaban J connectivity index is 1.17. The summed E-state index contributed by atoms with van der Waals surface area (Å²) >= 11 is 8.05. The molecule has 4 aliphatic heterocycles. The molecular weight excluding hydrogens is 896 g/mol. The number of imide groups is 1. The number of aliphatic hydroxyl groups is 2. The number of epoxide rings is 1. The standard InChI is InChI=1S/C47H65ClN4O13S/c1-26-10-9-11-36(62-8)47(60)23-34(63-45(59)49-47)27(2)42-46(4,65-42)37(22-39(55)51(6)32-19-31(18-26)20-33(61-7)41(32)48)64-44(58)28(3)50(5)38(54)16-17-66-35-21-40(56)52(43(35)57)24-29-12-14-30(25-53)15-13-29/h9-11,19-20,27-30,34-37,42,53,60H,12-18,21-25H2,1-8H3,(H,49,59)/b11-9+,26-10+/t27-,28+,29-,30-,34?,35?,36-,37+,42?,46+,47+/m1/s1. The number of alkyl carbamates (subject to hydrolysis) is 1. The van der Waals surface area contributed by atoms with E-state index in [2.05, 4.69) is 5.32 Å². The molecule has 66 heavy (non-hydrogen) atoms. The number of nitrogens with zero attached hydrogens (tertiary/aromatic N) is 3. The van der Waals surface area contributed by atoms with Gasteiger partial charge in [-0.15, -0.1) is 11.8 Å². The fourth-order valence-electron chi connectivity index (χ4n) is 9.51. The Morgan fingerprint density at radius 3 is 2.45 bits per heavy atom. The van der Waals surface area contributed by atoms with Crippen LogP contribution in [0.4, 0.5) is 10.5 Å². The number of ether oxygens (including phenoxy) is 5. The van der Waals surface area contributed by atoms with Gasteiger partial charge in [-0.3, -0.25) is 29.4 Å². The summed E-state index contributed by atoms with van der Waals surface area (Å²) in [6.07, 6.45) is 4.02. The third kappa shape index (κ3) is 11.4. The molecule has 9 atom stereocenters. The fourth-order valence-corrected chi connectivity index (χ4v) is 10.9. The van der Waals surface area contributed by atoms with Crippen molar-refractivity contribution in [2.24, 2.45) is 17.8 Å². The van der Waals surface area contributed by atoms with Gasteiger partial charge in [0.2, 0.25) is 23.6 Å². The zero-order valence-corrected chi connectivity index (χ0v) is 40.7. The SMILES string of the molecule is COc1cc2cc(c1Cl)N(C)C(=O)C[C@H](OC(=O)[C@H](C)N(C)C(=O)CCSC1CC(=O)N(C[C@H]3CC[C@H](CO)CC3)C1=O)[C@]1(C)OC1[C@H](C)C1C[C@@](O)(NC(=O)O1)[C@H](OC)/C=C/C=C(\C)C2. The van der Waals surface area contributed by atoms with Gasteiger partial charge in [0.1, 0.15) is 40.7 Å². The van der Waals surface area contributed by atoms with E-state index in [1.807, 2.05) is 13.0 Å². The van der Waals surface area contributed by atoms with Crippen molar-refractivity contribution >= 4 is 64.7 Å². The van der Waals surface area contributed by atoms with Gasteiger partial charge in [-0.1, -0.05) is 42.3 Å². The van der Waals surface area contributed by atoms with E-state index < -0.39 is 76.8 Å². The molecule has 5 aliphatic rings. The van der Waals surface area contributed by atoms with Crippen LogP contribution in [-0.2, 0) is 49.3 Å². The van der Waals surface area contributed by atoms with E-state index in [-0.39, 0.29) is 66.7 Å². The number of anilines is 1. The van der Waals surface area contributed by atoms with Crippen LogP contribution in [0.1, 0.15) is 84.6 Å². The van der Waals surface area contributed by atoms with Crippen LogP contribution in [0.3, 0.4) is 0 Å². The molecule has 19 heteroatoms. The molecule has 5 amide bonds. The number of fused-ring (bicyclic) bond motifs is 5. The summed E-state index contributed by atoms with van der Waals surface area (Å²) in [5, 5.41) is 23.4. The molecule has 3 saturated heterocycles. The lowest BCUT2D eigenvalue weighted by Crippen LogP contribution is -2.63. The van der Waals surface area contributed by atoms with Gasteiger partial charge in [-0.05, 0) is 82.4 Å². The van der Waals surface area contributed by atoms with Crippen LogP contribution in [0.15, 0.2) is 35.9 Å². The zero-order chi connectivity index (χ0) is 48.2. The van der Waals surface area contributed by atoms with Crippen LogP contribution < -0.4 is 15.0 Å². The number of hydrogen-bond acceptors (Lipinski definition) is 14. The van der Waals surface area contributed by atoms with Crippen LogP contribution in [0.2, 0.25) is 5.02 Å². The predicted octanol–water partition coefficient (Wildman–Crippen LogP) is 4.56. The van der Waals surface area contributed by atoms with E-state index in [9.17, 15) is 39.0 Å². The van der Waals surface area contributed by atoms with Gasteiger partial charge in [-0.25, -0.2) is 9.59 Å². The minimum absolute atomic E-state index is 0.0192. The number of carbonyl (C=O) groups excluding carboxylic acids is 6. The summed E-state index contributed by atoms with van der Waals surface area (Å²) < 4.78 is 29.4. The Morgan fingerprint density at radius 1 is 1.09 bits per heavy atom. The average Bonchev–Trinajstić information content (AvgIpc) is 3.91. The minimum Gasteiger partial charge on any atom is -0.495 e. The number of allylic oxidation sites excluding steroid dienone is 3. The maximum absolute atomic E-state index is 14.3. The third-order valence-corrected chi connectivity index (χ3v) is 15.6. The fraction of sp³-hybridized carbons (Fsp3) is 0.660. The molecular formula is C47H65ClN4O13S. The summed E-state index contributed by atoms with van der Waals surface area (Å²) in [4.78, 5) is 84.9. The van der Waals surface area contributed by atoms with E-state index in [0.29, 0.717) is 24.4 Å². The van der Waals surface area contributed by atoms with Gasteiger partial charge in [0.25, 0.3) is 0 Å². The van der Waals surface area contributed by atoms with Crippen molar-refractivity contribution in [1.82, 2.24) is 15.1 Å². The molecule has 364 valence electrons. The Morgan fingerprint density at radius 2 is 1.79 bits per heavy atom. The molecule has 1 aliphatic carbocycles. The molecule has 6 rings (SSSR count). The predicted molar refractivity (Wildman–Crippen MR) is 246 cm³/mol. The molecule has 0 radical (unpaired) electrons. The number of amides is 5. The molecule has 3 unspecified atom stereocenters. The molecule has 0 aromatic heterocycles. The first-order valence-corrected chi connectivity index (χ1v) is 24.1. The molecule has 1 aromatic carbocycles. The van der Waals surface area contributed by atoms with Crippen molar-refractivity contribution in [3.05, 3.63) is 46.5 Å². The second-order valence-corrected chi connectivity index (χ2v) is 20.3. The van der Waals surface area contributed by atoms with Gasteiger partial charge in [0.05, 0.1) is 30.6 Å². The monoisotopic (exact) mass is 960 g/mol. The molecule has 4 bridgehead atoms. The third-order valence-electron chi connectivity index (χ3n) is 14.0. The largest absolute Gasteiger partial charge is 0.495 e. The highest BCUT2D eigenvalue weighted by molar-refractivity contribution is 8.00. The lowest BCUT2D eigenvalue weighted by atomic mass is 9.82. The summed E-state index contributed by atoms with van der Waals surface area (Å²) in [5.74, 6) is -1.67. The van der Waals surface area contributed by atoms with E-state index in [1.165, 1.54) is 54.7 Å². The second kappa shape index (κ2) is 21.4. The number of thioether (sulfide) groups is 1. The summed E-state index contributed by atoms with van der Waals surface area (Å²) in [6, 6.07) is 2.44. The minimum atomic E-state index is -1.87. The number of aliphatic hydroxyl groups excluding tert-OH is 1. The topological polar surface area (TPSA) is 214 Å². The highest BCUT2D eigenvalue weighted by Crippen LogP contribution is 2.49. The van der Waals surface area contributed by atoms with Crippen molar-refractivity contribution in [3.63, 3.8) is 0 Å². The number of likely N-dealkylation sites (tertiary alicyclic amines) is 1. The van der Waals surface area contributed by atoms with E-state index in [0.717, 1.165) is 36.8 Å². The van der Waals surface area contributed by atoms with Gasteiger partial charge >= 0.3 is 12.1 Å². The van der Waals surface area contributed by atoms with Gasteiger partial charge in [0.15, 0.2) is 5.72 Å². The van der Waals surface area contributed by atoms with Crippen molar-refractivity contribution in [2.75, 3.05) is 52.1 Å². The Bertz CT molecular complexity index is 2080. The molecule has 4 heterocycles. The molecule has 3 N–H and O–H groups in total. The summed E-state index contributed by atoms with van der Waals surface area (Å²) in [6.45, 7) is 7.41. The quantitative estimate of drug-likeness (QED) is 0.149. The molecule has 17 nitrogen and oxygen atoms in total. The van der Waals surface area contributed by atoms with Crippen LogP contribution in [0, 0.1) is 17.8 Å². The van der Waals surface area contributed by atoms with Crippen molar-refractivity contribution in [1.29, 1.82) is 0 Å². The molecule has 0 spiro atoms. The number of likely N-dealkylation sites (N-methyl/N-ethyl adjacent to an activating group) is 1. The van der Waals surface area contributed by atoms with E-state index in [4.69, 9.17) is 35.3 Å². The number of carbonyl (C=O) groups is 6. The first-order valence-electron chi connectivity index (χ1n) is 22.6. The number of nitrogens with one attached hydrogen (secondary N) is 1. The summed E-state index contributed by atoms with van der Waals surface area (Å²) in [7, 11) is 5.92. The Labute approximate surface area is 395 Å². The Hall–Kier alpha value is -4.20. The van der Waals surface area contributed by atoms with E-state index in [1.54, 1.807) is 45.2 Å². The van der Waals surface area contributed by atoms with Crippen LogP contribution >= 0.6 is 23.4 Å². The normalized spacial score (nSPS) is 33.5. The number of rotatable bonds is 12. The number of esters is 1. The second-order valence-electron chi connectivity index (χ2n) is 18.6. The highest BCUT2D eigenvalue weighted by Gasteiger charge is 2.64. The highest BCUT2D eigenvalue weighted by atomic mass is 35.5. The zero-order valence-electron chi connectivity index (χ0n) is 39.1. The van der Waals surface area contributed by atoms with Crippen LogP contribution in [0.5, 0.6) is 5.75 Å². The van der Waals surface area contributed by atoms with E-state index >= 15 is 0 Å². The lowest BCUT2D eigenvalue weighted by Gasteiger charge is -2.42. The number of benzene rings is 1. The van der Waals surface area contributed by atoms with Gasteiger partial charge in [-0.2, -0.15) is 0 Å². The average molecular weight is 962 g/mol. The van der Waals surface area contributed by atoms with Gasteiger partial charge in [0, 0.05) is 65.3 Å². The summed E-state index contributed by atoms with van der Waals surface area (Å²) in [5.41, 5.74) is -1.11. The number of halogens is 1. The van der Waals surface area contributed by atoms with Crippen molar-refractivity contribution < 1.29 is 62.7 Å². The molecule has 1 aromatic rings. The smallest absolute Gasteiger partial charge is 0.409 e. The van der Waals surface area contributed by atoms with Gasteiger partial charge < -0.3 is 43.7 Å². The Kier molecular flexibility index (Phi) is 16.6. The first-order chi connectivity index (χ1) is 31.2. The number of hydrogen-bond donors (Lipinski definition) is 3. The number of methoxy groups -OCH3 is 2. The van der Waals surface area contributed by atoms with Crippen molar-refractivity contribution in [3.8, 4) is 5.75 Å². The van der Waals surface area contributed by atoms with Crippen molar-refractivity contribution in [2.45, 2.75) is 133 Å². The molecule has 4 fully saturated rings. The van der Waals surface area contributed by atoms with Crippen LogP contribution in [-0.4, -0.2) is 150 Å². The molecule has 1 saturated carbocycles. The van der Waals surface area contributed by atoms with Crippen LogP contribution in [0.25, 0.3) is 0 Å². The maximum Gasteiger partial charge on any atom is 0.409 e. The first kappa shape index (κ1) is 51.2. The maximum atomic E-state index is 14.3.